The van der Waals surface area contributed by atoms with E-state index >= 15 is 0 Å². The number of halogens is 2. The van der Waals surface area contributed by atoms with Crippen LogP contribution >= 0.6 is 15.9 Å². The maximum atomic E-state index is 13.7. The number of nitrogens with zero attached hydrogens (tertiary/aromatic N) is 2. The number of hydrogen-bond donors (Lipinski definition) is 1. The molecular formula is C14H17BrFN3O. The predicted octanol–water partition coefficient (Wildman–Crippen LogP) is 3.42. The lowest BCUT2D eigenvalue weighted by atomic mass is 10.0. The summed E-state index contributed by atoms with van der Waals surface area (Å²) >= 11 is 3.13. The smallest absolute Gasteiger partial charge is 0.161 e. The number of methoxy groups -OCH3 is 1. The van der Waals surface area contributed by atoms with Crippen LogP contribution in [-0.4, -0.2) is 16.9 Å². The monoisotopic (exact) mass is 341 g/mol. The molecule has 6 heteroatoms. The van der Waals surface area contributed by atoms with Gasteiger partial charge < -0.3 is 10.5 Å². The topological polar surface area (TPSA) is 53.1 Å². The molecule has 4 nitrogen and oxygen atoms in total. The average Bonchev–Trinajstić information content (AvgIpc) is 2.85. The van der Waals surface area contributed by atoms with Crippen LogP contribution < -0.4 is 10.5 Å². The standard InChI is InChI=1S/C14H17BrFN3O/c1-8(2)19-14(12(20-3)7-18-19)13(17)9-4-5-10(15)11(16)6-9/h4-8,13H,17H2,1-3H3. The van der Waals surface area contributed by atoms with E-state index in [1.165, 1.54) is 6.07 Å². The van der Waals surface area contributed by atoms with Gasteiger partial charge in [-0.25, -0.2) is 4.39 Å². The van der Waals surface area contributed by atoms with Gasteiger partial charge in [0.15, 0.2) is 5.75 Å². The summed E-state index contributed by atoms with van der Waals surface area (Å²) in [5.41, 5.74) is 7.68. The lowest BCUT2D eigenvalue weighted by Gasteiger charge is -2.18. The van der Waals surface area contributed by atoms with Crippen LogP contribution in [0.5, 0.6) is 5.75 Å². The first kappa shape index (κ1) is 15.0. The number of benzene rings is 1. The Bertz CT molecular complexity index is 612. The molecule has 0 spiro atoms. The zero-order chi connectivity index (χ0) is 14.9. The van der Waals surface area contributed by atoms with Crippen molar-refractivity contribution in [3.05, 3.63) is 45.9 Å². The molecule has 1 atom stereocenters. The molecule has 0 amide bonds. The van der Waals surface area contributed by atoms with E-state index in [1.807, 2.05) is 13.8 Å². The van der Waals surface area contributed by atoms with E-state index in [9.17, 15) is 4.39 Å². The number of hydrogen-bond acceptors (Lipinski definition) is 3. The third-order valence-electron chi connectivity index (χ3n) is 3.11. The average molecular weight is 342 g/mol. The van der Waals surface area contributed by atoms with Gasteiger partial charge in [0.1, 0.15) is 11.5 Å². The Balaban J connectivity index is 2.49. The second-order valence-corrected chi connectivity index (χ2v) is 5.64. The van der Waals surface area contributed by atoms with Crippen LogP contribution in [0.15, 0.2) is 28.9 Å². The van der Waals surface area contributed by atoms with Crippen molar-refractivity contribution in [2.45, 2.75) is 25.9 Å². The second kappa shape index (κ2) is 5.93. The Morgan fingerprint density at radius 3 is 2.65 bits per heavy atom. The van der Waals surface area contributed by atoms with Gasteiger partial charge in [0.05, 0.1) is 23.8 Å². The fourth-order valence-electron chi connectivity index (χ4n) is 2.08. The minimum Gasteiger partial charge on any atom is -0.493 e. The molecule has 1 aromatic heterocycles. The van der Waals surface area contributed by atoms with Gasteiger partial charge in [0.2, 0.25) is 0 Å². The summed E-state index contributed by atoms with van der Waals surface area (Å²) in [6.45, 7) is 4.01. The van der Waals surface area contributed by atoms with Crippen LogP contribution in [0.1, 0.15) is 37.2 Å². The Morgan fingerprint density at radius 2 is 2.10 bits per heavy atom. The number of ether oxygens (including phenoxy) is 1. The molecule has 2 rings (SSSR count). The van der Waals surface area contributed by atoms with E-state index in [1.54, 1.807) is 30.1 Å². The quantitative estimate of drug-likeness (QED) is 0.926. The van der Waals surface area contributed by atoms with E-state index < -0.39 is 6.04 Å². The molecule has 2 N–H and O–H groups in total. The van der Waals surface area contributed by atoms with Crippen LogP contribution in [0, 0.1) is 5.82 Å². The Labute approximate surface area is 125 Å². The molecule has 1 unspecified atom stereocenters. The minimum absolute atomic E-state index is 0.139. The fraction of sp³-hybridized carbons (Fsp3) is 0.357. The minimum atomic E-state index is -0.502. The van der Waals surface area contributed by atoms with Gasteiger partial charge in [-0.15, -0.1) is 0 Å². The molecule has 0 radical (unpaired) electrons. The van der Waals surface area contributed by atoms with Crippen LogP contribution in [0.2, 0.25) is 0 Å². The van der Waals surface area contributed by atoms with Gasteiger partial charge in [0.25, 0.3) is 0 Å². The van der Waals surface area contributed by atoms with E-state index in [0.29, 0.717) is 15.8 Å². The maximum absolute atomic E-state index is 13.7. The summed E-state index contributed by atoms with van der Waals surface area (Å²) in [6.07, 6.45) is 1.63. The van der Waals surface area contributed by atoms with Crippen LogP contribution in [0.3, 0.4) is 0 Å². The molecule has 0 saturated heterocycles. The number of aromatic nitrogens is 2. The van der Waals surface area contributed by atoms with Crippen molar-refractivity contribution in [3.8, 4) is 5.75 Å². The van der Waals surface area contributed by atoms with Crippen molar-refractivity contribution in [1.29, 1.82) is 0 Å². The first-order chi connectivity index (χ1) is 9.45. The van der Waals surface area contributed by atoms with Crippen molar-refractivity contribution in [1.82, 2.24) is 9.78 Å². The van der Waals surface area contributed by atoms with Crippen LogP contribution in [0.25, 0.3) is 0 Å². The lowest BCUT2D eigenvalue weighted by molar-refractivity contribution is 0.400. The maximum Gasteiger partial charge on any atom is 0.161 e. The molecule has 108 valence electrons. The molecule has 0 fully saturated rings. The van der Waals surface area contributed by atoms with E-state index in [0.717, 1.165) is 5.69 Å². The van der Waals surface area contributed by atoms with E-state index in [4.69, 9.17) is 10.5 Å². The highest BCUT2D eigenvalue weighted by atomic mass is 79.9. The summed E-state index contributed by atoms with van der Waals surface area (Å²) in [6, 6.07) is 4.49. The third-order valence-corrected chi connectivity index (χ3v) is 3.75. The Kier molecular flexibility index (Phi) is 4.45. The second-order valence-electron chi connectivity index (χ2n) is 4.79. The normalized spacial score (nSPS) is 12.8. The van der Waals surface area contributed by atoms with Crippen molar-refractivity contribution >= 4 is 15.9 Å². The Hall–Kier alpha value is -1.40. The summed E-state index contributed by atoms with van der Waals surface area (Å²) in [7, 11) is 1.57. The molecule has 0 aliphatic heterocycles. The van der Waals surface area contributed by atoms with E-state index in [2.05, 4.69) is 21.0 Å². The molecule has 20 heavy (non-hydrogen) atoms. The largest absolute Gasteiger partial charge is 0.493 e. The highest BCUT2D eigenvalue weighted by molar-refractivity contribution is 9.10. The van der Waals surface area contributed by atoms with Crippen molar-refractivity contribution in [2.75, 3.05) is 7.11 Å². The van der Waals surface area contributed by atoms with Crippen LogP contribution in [-0.2, 0) is 0 Å². The highest BCUT2D eigenvalue weighted by Crippen LogP contribution is 2.31. The highest BCUT2D eigenvalue weighted by Gasteiger charge is 2.22. The molecule has 0 aliphatic rings. The number of nitrogens with two attached hydrogens (primary N) is 1. The van der Waals surface area contributed by atoms with Gasteiger partial charge in [-0.1, -0.05) is 6.07 Å². The first-order valence-corrected chi connectivity index (χ1v) is 7.07. The van der Waals surface area contributed by atoms with Gasteiger partial charge >= 0.3 is 0 Å². The summed E-state index contributed by atoms with van der Waals surface area (Å²) in [5.74, 6) is 0.266. The fourth-order valence-corrected chi connectivity index (χ4v) is 2.33. The molecule has 0 bridgehead atoms. The van der Waals surface area contributed by atoms with Gasteiger partial charge in [-0.3, -0.25) is 4.68 Å². The lowest BCUT2D eigenvalue weighted by Crippen LogP contribution is -2.19. The van der Waals surface area contributed by atoms with Crippen LogP contribution in [0.4, 0.5) is 4.39 Å². The molecular weight excluding hydrogens is 325 g/mol. The van der Waals surface area contributed by atoms with Gasteiger partial charge in [0, 0.05) is 6.04 Å². The Morgan fingerprint density at radius 1 is 1.40 bits per heavy atom. The third kappa shape index (κ3) is 2.71. The van der Waals surface area contributed by atoms with Gasteiger partial charge in [-0.2, -0.15) is 5.10 Å². The number of rotatable bonds is 4. The van der Waals surface area contributed by atoms with Crippen molar-refractivity contribution < 1.29 is 9.13 Å². The molecule has 2 aromatic rings. The zero-order valence-electron chi connectivity index (χ0n) is 11.6. The van der Waals surface area contributed by atoms with E-state index in [-0.39, 0.29) is 11.9 Å². The molecule has 0 aliphatic carbocycles. The SMILES string of the molecule is COc1cnn(C(C)C)c1C(N)c1ccc(Br)c(F)c1. The summed E-state index contributed by atoms with van der Waals surface area (Å²) < 4.78 is 21.2. The van der Waals surface area contributed by atoms with Crippen molar-refractivity contribution in [2.24, 2.45) is 5.73 Å². The zero-order valence-corrected chi connectivity index (χ0v) is 13.2. The van der Waals surface area contributed by atoms with Gasteiger partial charge in [-0.05, 0) is 47.5 Å². The summed E-state index contributed by atoms with van der Waals surface area (Å²) in [5, 5.41) is 4.28. The van der Waals surface area contributed by atoms with Crippen molar-refractivity contribution in [3.63, 3.8) is 0 Å². The summed E-state index contributed by atoms with van der Waals surface area (Å²) in [4.78, 5) is 0. The molecule has 1 aromatic carbocycles. The molecule has 1 heterocycles. The first-order valence-electron chi connectivity index (χ1n) is 6.27. The molecule has 0 saturated carbocycles. The predicted molar refractivity (Wildman–Crippen MR) is 79.3 cm³/mol.